The van der Waals surface area contributed by atoms with Gasteiger partial charge in [-0.05, 0) is 38.1 Å². The highest BCUT2D eigenvalue weighted by atomic mass is 32.2. The SMILES string of the molecule is Cc1noc(C)c1CSc1nc2ccc(NC(=O)c3ccc([N+](=O)[O-])cc3F)cc2s1. The fraction of sp³-hybridized carbons (Fsp3) is 0.150. The van der Waals surface area contributed by atoms with Crippen molar-refractivity contribution in [2.75, 3.05) is 5.32 Å². The van der Waals surface area contributed by atoms with Crippen molar-refractivity contribution in [3.63, 3.8) is 0 Å². The first kappa shape index (κ1) is 20.9. The monoisotopic (exact) mass is 458 g/mol. The molecule has 0 fully saturated rings. The van der Waals surface area contributed by atoms with E-state index in [4.69, 9.17) is 4.52 Å². The van der Waals surface area contributed by atoms with Gasteiger partial charge in [0.2, 0.25) is 0 Å². The Balaban J connectivity index is 1.49. The van der Waals surface area contributed by atoms with E-state index in [-0.39, 0.29) is 5.56 Å². The first-order chi connectivity index (χ1) is 14.8. The smallest absolute Gasteiger partial charge is 0.272 e. The largest absolute Gasteiger partial charge is 0.361 e. The molecule has 0 saturated heterocycles. The van der Waals surface area contributed by atoms with Crippen molar-refractivity contribution in [3.05, 3.63) is 74.9 Å². The third-order valence-electron chi connectivity index (χ3n) is 4.56. The van der Waals surface area contributed by atoms with E-state index >= 15 is 0 Å². The number of hydrogen-bond acceptors (Lipinski definition) is 8. The van der Waals surface area contributed by atoms with E-state index in [1.54, 1.807) is 30.0 Å². The topological polar surface area (TPSA) is 111 Å². The lowest BCUT2D eigenvalue weighted by Gasteiger charge is -2.06. The molecule has 8 nitrogen and oxygen atoms in total. The van der Waals surface area contributed by atoms with Crippen molar-refractivity contribution >= 4 is 50.6 Å². The Morgan fingerprint density at radius 1 is 1.29 bits per heavy atom. The summed E-state index contributed by atoms with van der Waals surface area (Å²) in [6.07, 6.45) is 0. The Morgan fingerprint density at radius 3 is 2.77 bits per heavy atom. The highest BCUT2D eigenvalue weighted by Crippen LogP contribution is 2.34. The van der Waals surface area contributed by atoms with Crippen LogP contribution in [0.1, 0.15) is 27.4 Å². The van der Waals surface area contributed by atoms with Gasteiger partial charge in [0.15, 0.2) is 4.34 Å². The number of nitro benzene ring substituents is 1. The number of nitrogens with zero attached hydrogens (tertiary/aromatic N) is 3. The molecule has 4 rings (SSSR count). The van der Waals surface area contributed by atoms with E-state index in [1.807, 2.05) is 13.8 Å². The van der Waals surface area contributed by atoms with Crippen molar-refractivity contribution in [2.45, 2.75) is 23.9 Å². The lowest BCUT2D eigenvalue weighted by atomic mass is 10.1. The summed E-state index contributed by atoms with van der Waals surface area (Å²) in [5, 5.41) is 17.3. The second kappa shape index (κ2) is 8.44. The molecule has 0 bridgehead atoms. The Morgan fingerprint density at radius 2 is 2.10 bits per heavy atom. The normalized spacial score (nSPS) is 11.1. The van der Waals surface area contributed by atoms with E-state index in [2.05, 4.69) is 15.5 Å². The van der Waals surface area contributed by atoms with E-state index in [0.717, 1.165) is 49.8 Å². The van der Waals surface area contributed by atoms with Crippen LogP contribution in [-0.2, 0) is 5.75 Å². The Hall–Kier alpha value is -3.31. The van der Waals surface area contributed by atoms with Gasteiger partial charge in [-0.15, -0.1) is 11.3 Å². The number of benzene rings is 2. The van der Waals surface area contributed by atoms with Gasteiger partial charge >= 0.3 is 0 Å². The third-order valence-corrected chi connectivity index (χ3v) is 6.74. The molecular weight excluding hydrogens is 443 g/mol. The summed E-state index contributed by atoms with van der Waals surface area (Å²) in [5.74, 6) is -0.174. The maximum absolute atomic E-state index is 14.1. The molecule has 2 heterocycles. The number of hydrogen-bond donors (Lipinski definition) is 1. The Labute approximate surface area is 183 Å². The van der Waals surface area contributed by atoms with Gasteiger partial charge in [0.05, 0.1) is 32.5 Å². The number of thioether (sulfide) groups is 1. The van der Waals surface area contributed by atoms with Crippen molar-refractivity contribution in [3.8, 4) is 0 Å². The number of carbonyl (C=O) groups excluding carboxylic acids is 1. The van der Waals surface area contributed by atoms with Crippen LogP contribution in [-0.4, -0.2) is 21.0 Å². The zero-order chi connectivity index (χ0) is 22.1. The van der Waals surface area contributed by atoms with Crippen LogP contribution in [0.3, 0.4) is 0 Å². The summed E-state index contributed by atoms with van der Waals surface area (Å²) < 4.78 is 21.0. The number of aryl methyl sites for hydroxylation is 2. The number of nitro groups is 1. The van der Waals surface area contributed by atoms with Crippen molar-refractivity contribution in [2.24, 2.45) is 0 Å². The molecule has 0 spiro atoms. The van der Waals surface area contributed by atoms with Crippen LogP contribution < -0.4 is 5.32 Å². The minimum atomic E-state index is -0.955. The van der Waals surface area contributed by atoms with Gasteiger partial charge in [0.1, 0.15) is 11.6 Å². The van der Waals surface area contributed by atoms with Crippen LogP contribution in [0.25, 0.3) is 10.2 Å². The Bertz CT molecular complexity index is 1300. The molecule has 1 N–H and O–H groups in total. The quantitative estimate of drug-likeness (QED) is 0.231. The Kier molecular flexibility index (Phi) is 5.70. The number of thiazole rings is 1. The zero-order valence-electron chi connectivity index (χ0n) is 16.3. The lowest BCUT2D eigenvalue weighted by molar-refractivity contribution is -0.385. The molecule has 2 aromatic carbocycles. The molecule has 0 unspecified atom stereocenters. The first-order valence-corrected chi connectivity index (χ1v) is 10.8. The number of aromatic nitrogens is 2. The highest BCUT2D eigenvalue weighted by Gasteiger charge is 2.17. The predicted octanol–water partition coefficient (Wildman–Crippen LogP) is 5.49. The third kappa shape index (κ3) is 4.42. The molecule has 158 valence electrons. The lowest BCUT2D eigenvalue weighted by Crippen LogP contribution is -2.13. The van der Waals surface area contributed by atoms with Gasteiger partial charge in [-0.25, -0.2) is 9.37 Å². The van der Waals surface area contributed by atoms with Gasteiger partial charge in [0.25, 0.3) is 11.6 Å². The van der Waals surface area contributed by atoms with E-state index in [0.29, 0.717) is 11.4 Å². The predicted molar refractivity (Wildman–Crippen MR) is 116 cm³/mol. The number of anilines is 1. The number of halogens is 1. The standard InChI is InChI=1S/C20H15FN4O4S2/c1-10-15(11(2)29-24-10)9-30-20-23-17-6-3-12(7-18(17)31-20)22-19(26)14-5-4-13(25(27)28)8-16(14)21/h3-8H,9H2,1-2H3,(H,22,26). The molecule has 0 saturated carbocycles. The van der Waals surface area contributed by atoms with Gasteiger partial charge < -0.3 is 9.84 Å². The average molecular weight is 458 g/mol. The van der Waals surface area contributed by atoms with Crippen LogP contribution >= 0.6 is 23.1 Å². The maximum atomic E-state index is 14.1. The molecule has 31 heavy (non-hydrogen) atoms. The summed E-state index contributed by atoms with van der Waals surface area (Å²) in [5.41, 5.74) is 2.47. The molecule has 4 aromatic rings. The first-order valence-electron chi connectivity index (χ1n) is 9.02. The zero-order valence-corrected chi connectivity index (χ0v) is 18.0. The van der Waals surface area contributed by atoms with Crippen LogP contribution in [0.2, 0.25) is 0 Å². The number of carbonyl (C=O) groups is 1. The van der Waals surface area contributed by atoms with E-state index in [1.165, 1.54) is 11.3 Å². The highest BCUT2D eigenvalue weighted by molar-refractivity contribution is 8.00. The number of rotatable bonds is 6. The average Bonchev–Trinajstić information content (AvgIpc) is 3.28. The van der Waals surface area contributed by atoms with Crippen molar-refractivity contribution < 1.29 is 18.6 Å². The molecular formula is C20H15FN4O4S2. The summed E-state index contributed by atoms with van der Waals surface area (Å²) in [4.78, 5) is 27.0. The van der Waals surface area contributed by atoms with Crippen LogP contribution in [0.4, 0.5) is 15.8 Å². The fourth-order valence-electron chi connectivity index (χ4n) is 2.88. The fourth-order valence-corrected chi connectivity index (χ4v) is 5.15. The molecule has 0 aliphatic rings. The summed E-state index contributed by atoms with van der Waals surface area (Å²) in [6, 6.07) is 8.11. The van der Waals surface area contributed by atoms with E-state index < -0.39 is 22.3 Å². The van der Waals surface area contributed by atoms with Gasteiger partial charge in [-0.2, -0.15) is 0 Å². The summed E-state index contributed by atoms with van der Waals surface area (Å²) in [6.45, 7) is 3.77. The number of fused-ring (bicyclic) bond motifs is 1. The van der Waals surface area contributed by atoms with Crippen molar-refractivity contribution in [1.82, 2.24) is 10.1 Å². The van der Waals surface area contributed by atoms with E-state index in [9.17, 15) is 19.3 Å². The van der Waals surface area contributed by atoms with Crippen LogP contribution in [0, 0.1) is 29.8 Å². The molecule has 0 aliphatic carbocycles. The van der Waals surface area contributed by atoms with Crippen LogP contribution in [0.5, 0.6) is 0 Å². The summed E-state index contributed by atoms with van der Waals surface area (Å²) in [7, 11) is 0. The molecule has 0 atom stereocenters. The molecule has 2 aromatic heterocycles. The molecule has 1 amide bonds. The van der Waals surface area contributed by atoms with Crippen LogP contribution in [0.15, 0.2) is 45.3 Å². The van der Waals surface area contributed by atoms with Gasteiger partial charge in [0, 0.05) is 23.1 Å². The number of non-ortho nitro benzene ring substituents is 1. The summed E-state index contributed by atoms with van der Waals surface area (Å²) >= 11 is 3.05. The maximum Gasteiger partial charge on any atom is 0.272 e. The second-order valence-electron chi connectivity index (χ2n) is 6.63. The molecule has 0 aliphatic heterocycles. The number of nitrogens with one attached hydrogen (secondary N) is 1. The van der Waals surface area contributed by atoms with Gasteiger partial charge in [-0.3, -0.25) is 14.9 Å². The molecule has 0 radical (unpaired) electrons. The van der Waals surface area contributed by atoms with Crippen molar-refractivity contribution in [1.29, 1.82) is 0 Å². The number of amides is 1. The second-order valence-corrected chi connectivity index (χ2v) is 8.88. The minimum absolute atomic E-state index is 0.272. The molecule has 11 heteroatoms. The van der Waals surface area contributed by atoms with Gasteiger partial charge in [-0.1, -0.05) is 16.9 Å². The minimum Gasteiger partial charge on any atom is -0.361 e.